The van der Waals surface area contributed by atoms with Gasteiger partial charge in [0.15, 0.2) is 5.82 Å². The van der Waals surface area contributed by atoms with Crippen molar-refractivity contribution in [2.24, 2.45) is 0 Å². The number of piperidine rings is 1. The van der Waals surface area contributed by atoms with Gasteiger partial charge in [0.25, 0.3) is 0 Å². The highest BCUT2D eigenvalue weighted by Crippen LogP contribution is 2.18. The van der Waals surface area contributed by atoms with Crippen molar-refractivity contribution in [3.8, 4) is 5.82 Å². The van der Waals surface area contributed by atoms with Gasteiger partial charge < -0.3 is 10.2 Å². The molecule has 1 N–H and O–H groups in total. The molecule has 4 heterocycles. The van der Waals surface area contributed by atoms with Gasteiger partial charge in [0.05, 0.1) is 12.4 Å². The molecule has 0 saturated carbocycles. The average Bonchev–Trinajstić information content (AvgIpc) is 3.18. The zero-order chi connectivity index (χ0) is 16.2. The molecule has 0 aliphatic carbocycles. The van der Waals surface area contributed by atoms with E-state index in [0.717, 1.165) is 37.7 Å². The summed E-state index contributed by atoms with van der Waals surface area (Å²) in [5.74, 6) is 2.29. The number of rotatable bonds is 4. The number of nitrogens with one attached hydrogen (secondary N) is 1. The van der Waals surface area contributed by atoms with E-state index in [1.807, 2.05) is 18.3 Å². The van der Waals surface area contributed by atoms with Crippen LogP contribution in [-0.4, -0.2) is 48.8 Å². The summed E-state index contributed by atoms with van der Waals surface area (Å²) in [7, 11) is 0. The van der Waals surface area contributed by atoms with Crippen molar-refractivity contribution in [1.82, 2.24) is 29.7 Å². The highest BCUT2D eigenvalue weighted by molar-refractivity contribution is 5.38. The molecule has 1 fully saturated rings. The smallest absolute Gasteiger partial charge is 0.225 e. The summed E-state index contributed by atoms with van der Waals surface area (Å²) in [5.41, 5.74) is 0. The van der Waals surface area contributed by atoms with E-state index in [1.54, 1.807) is 35.7 Å². The molecule has 0 aromatic carbocycles. The molecule has 8 heteroatoms. The molecule has 24 heavy (non-hydrogen) atoms. The number of hydrogen-bond acceptors (Lipinski definition) is 7. The normalized spacial score (nSPS) is 15.4. The van der Waals surface area contributed by atoms with Crippen molar-refractivity contribution >= 4 is 11.8 Å². The van der Waals surface area contributed by atoms with Crippen molar-refractivity contribution in [3.63, 3.8) is 0 Å². The summed E-state index contributed by atoms with van der Waals surface area (Å²) < 4.78 is 1.70. The third-order valence-corrected chi connectivity index (χ3v) is 4.04. The summed E-state index contributed by atoms with van der Waals surface area (Å²) in [6, 6.07) is 4.07. The Kier molecular flexibility index (Phi) is 4.01. The van der Waals surface area contributed by atoms with Crippen LogP contribution in [0.3, 0.4) is 0 Å². The second kappa shape index (κ2) is 6.61. The summed E-state index contributed by atoms with van der Waals surface area (Å²) in [6.07, 6.45) is 12.6. The molecule has 0 spiro atoms. The zero-order valence-electron chi connectivity index (χ0n) is 13.2. The molecule has 0 radical (unpaired) electrons. The van der Waals surface area contributed by atoms with Gasteiger partial charge in [-0.3, -0.25) is 4.98 Å². The van der Waals surface area contributed by atoms with Crippen molar-refractivity contribution < 1.29 is 0 Å². The predicted octanol–water partition coefficient (Wildman–Crippen LogP) is 1.53. The third kappa shape index (κ3) is 3.17. The lowest BCUT2D eigenvalue weighted by Gasteiger charge is -2.32. The lowest BCUT2D eigenvalue weighted by Crippen LogP contribution is -2.40. The van der Waals surface area contributed by atoms with Crippen molar-refractivity contribution in [2.75, 3.05) is 23.3 Å². The Morgan fingerprint density at radius 2 is 1.83 bits per heavy atom. The van der Waals surface area contributed by atoms with E-state index in [2.05, 4.69) is 35.3 Å². The minimum atomic E-state index is 0.368. The second-order valence-corrected chi connectivity index (χ2v) is 5.67. The molecule has 1 aliphatic rings. The summed E-state index contributed by atoms with van der Waals surface area (Å²) in [4.78, 5) is 19.7. The van der Waals surface area contributed by atoms with Crippen LogP contribution in [-0.2, 0) is 0 Å². The Hall–Kier alpha value is -3.03. The van der Waals surface area contributed by atoms with Gasteiger partial charge in [-0.15, -0.1) is 0 Å². The first-order chi connectivity index (χ1) is 11.9. The highest BCUT2D eigenvalue weighted by Gasteiger charge is 2.21. The topological polar surface area (TPSA) is 84.7 Å². The van der Waals surface area contributed by atoms with Gasteiger partial charge >= 0.3 is 0 Å². The monoisotopic (exact) mass is 322 g/mol. The Bertz CT molecular complexity index is 766. The van der Waals surface area contributed by atoms with Gasteiger partial charge in [-0.25, -0.2) is 19.6 Å². The van der Waals surface area contributed by atoms with Crippen molar-refractivity contribution in [3.05, 3.63) is 49.3 Å². The summed E-state index contributed by atoms with van der Waals surface area (Å²) >= 11 is 0. The lowest BCUT2D eigenvalue weighted by molar-refractivity contribution is 0.518. The van der Waals surface area contributed by atoms with Gasteiger partial charge in [0.2, 0.25) is 5.95 Å². The molecule has 1 saturated heterocycles. The molecule has 1 aliphatic heterocycles. The number of hydrogen-bond donors (Lipinski definition) is 1. The Labute approximate surface area is 139 Å². The SMILES string of the molecule is c1cnc(N2CCC(Nc3cncc(-n4cccn4)n3)CC2)nc1. The highest BCUT2D eigenvalue weighted by atomic mass is 15.3. The third-order valence-electron chi connectivity index (χ3n) is 4.04. The van der Waals surface area contributed by atoms with E-state index in [0.29, 0.717) is 11.9 Å². The zero-order valence-corrected chi connectivity index (χ0v) is 13.2. The average molecular weight is 322 g/mol. The maximum Gasteiger partial charge on any atom is 0.225 e. The minimum absolute atomic E-state index is 0.368. The lowest BCUT2D eigenvalue weighted by atomic mass is 10.1. The first kappa shape index (κ1) is 14.6. The van der Waals surface area contributed by atoms with Crippen LogP contribution in [0.2, 0.25) is 0 Å². The largest absolute Gasteiger partial charge is 0.366 e. The summed E-state index contributed by atoms with van der Waals surface area (Å²) in [5, 5.41) is 7.66. The maximum absolute atomic E-state index is 4.58. The molecule has 0 bridgehead atoms. The maximum atomic E-state index is 4.58. The fourth-order valence-corrected chi connectivity index (χ4v) is 2.83. The van der Waals surface area contributed by atoms with Crippen molar-refractivity contribution in [2.45, 2.75) is 18.9 Å². The molecule has 8 nitrogen and oxygen atoms in total. The Balaban J connectivity index is 1.38. The molecule has 3 aromatic heterocycles. The fraction of sp³-hybridized carbons (Fsp3) is 0.312. The standard InChI is InChI=1S/C16H18N8/c1-5-18-16(19-6-1)23-9-3-13(4-10-23)21-14-11-17-12-15(22-14)24-8-2-7-20-24/h1-2,5-8,11-13H,3-4,9-10H2,(H,21,22). The second-order valence-electron chi connectivity index (χ2n) is 5.67. The number of nitrogens with zero attached hydrogens (tertiary/aromatic N) is 7. The van der Waals surface area contributed by atoms with Gasteiger partial charge in [-0.2, -0.15) is 5.10 Å². The predicted molar refractivity (Wildman–Crippen MR) is 90.0 cm³/mol. The quantitative estimate of drug-likeness (QED) is 0.779. The fourth-order valence-electron chi connectivity index (χ4n) is 2.83. The molecule has 4 rings (SSSR count). The van der Waals surface area contributed by atoms with Crippen LogP contribution in [0.15, 0.2) is 49.3 Å². The number of aromatic nitrogens is 6. The van der Waals surface area contributed by atoms with Crippen LogP contribution in [0.25, 0.3) is 5.82 Å². The molecular weight excluding hydrogens is 304 g/mol. The van der Waals surface area contributed by atoms with Crippen molar-refractivity contribution in [1.29, 1.82) is 0 Å². The molecule has 0 unspecified atom stereocenters. The van der Waals surface area contributed by atoms with Crippen LogP contribution in [0, 0.1) is 0 Å². The Morgan fingerprint density at radius 3 is 2.58 bits per heavy atom. The van der Waals surface area contributed by atoms with Crippen LogP contribution in [0.5, 0.6) is 0 Å². The Morgan fingerprint density at radius 1 is 1.00 bits per heavy atom. The molecule has 122 valence electrons. The van der Waals surface area contributed by atoms with Gasteiger partial charge in [0.1, 0.15) is 5.82 Å². The molecule has 3 aromatic rings. The van der Waals surface area contributed by atoms with E-state index in [9.17, 15) is 0 Å². The van der Waals surface area contributed by atoms with E-state index >= 15 is 0 Å². The van der Waals surface area contributed by atoms with Crippen LogP contribution < -0.4 is 10.2 Å². The van der Waals surface area contributed by atoms with Gasteiger partial charge in [-0.1, -0.05) is 0 Å². The minimum Gasteiger partial charge on any atom is -0.366 e. The molecule has 0 amide bonds. The van der Waals surface area contributed by atoms with E-state index in [4.69, 9.17) is 0 Å². The molecule has 0 atom stereocenters. The van der Waals surface area contributed by atoms with Gasteiger partial charge in [-0.05, 0) is 25.0 Å². The first-order valence-electron chi connectivity index (χ1n) is 7.99. The number of anilines is 2. The summed E-state index contributed by atoms with van der Waals surface area (Å²) in [6.45, 7) is 1.85. The van der Waals surface area contributed by atoms with Gasteiger partial charge in [0, 0.05) is 43.9 Å². The van der Waals surface area contributed by atoms with E-state index in [1.165, 1.54) is 0 Å². The van der Waals surface area contributed by atoms with Crippen LogP contribution in [0.1, 0.15) is 12.8 Å². The van der Waals surface area contributed by atoms with E-state index in [-0.39, 0.29) is 0 Å². The van der Waals surface area contributed by atoms with Crippen LogP contribution >= 0.6 is 0 Å². The van der Waals surface area contributed by atoms with Crippen LogP contribution in [0.4, 0.5) is 11.8 Å². The van der Waals surface area contributed by atoms with E-state index < -0.39 is 0 Å². The molecular formula is C16H18N8. The first-order valence-corrected chi connectivity index (χ1v) is 7.99.